The Balaban J connectivity index is 1.45. The Kier molecular flexibility index (Phi) is 6.00. The zero-order chi connectivity index (χ0) is 18.5. The van der Waals surface area contributed by atoms with E-state index in [0.29, 0.717) is 19.1 Å². The van der Waals surface area contributed by atoms with Gasteiger partial charge in [-0.2, -0.15) is 0 Å². The number of quaternary nitrogens is 1. The van der Waals surface area contributed by atoms with Gasteiger partial charge in [-0.15, -0.1) is 11.3 Å². The molecule has 1 fully saturated rings. The second kappa shape index (κ2) is 8.42. The maximum atomic E-state index is 12.1. The van der Waals surface area contributed by atoms with Crippen molar-refractivity contribution in [1.29, 1.82) is 0 Å². The Bertz CT molecular complexity index is 768. The lowest BCUT2D eigenvalue weighted by atomic mass is 10.2. The molecule has 2 amide bonds. The molecule has 0 bridgehead atoms. The van der Waals surface area contributed by atoms with Crippen LogP contribution in [0.5, 0.6) is 0 Å². The fourth-order valence-corrected chi connectivity index (χ4v) is 3.44. The third-order valence-electron chi connectivity index (χ3n) is 4.13. The molecule has 0 spiro atoms. The number of thiazole rings is 1. The number of carbonyl (C=O) groups excluding carboxylic acids is 2. The van der Waals surface area contributed by atoms with Crippen molar-refractivity contribution in [3.8, 4) is 0 Å². The Morgan fingerprint density at radius 2 is 1.96 bits per heavy atom. The van der Waals surface area contributed by atoms with Gasteiger partial charge in [0.25, 0.3) is 5.91 Å². The summed E-state index contributed by atoms with van der Waals surface area (Å²) >= 11 is 1.49. The lowest BCUT2D eigenvalue weighted by molar-refractivity contribution is -0.885. The van der Waals surface area contributed by atoms with Gasteiger partial charge >= 0.3 is 0 Å². The van der Waals surface area contributed by atoms with Crippen molar-refractivity contribution < 1.29 is 14.5 Å². The molecule has 0 aliphatic heterocycles. The molecule has 3 rings (SSSR count). The van der Waals surface area contributed by atoms with E-state index >= 15 is 0 Å². The van der Waals surface area contributed by atoms with Crippen LogP contribution in [0.3, 0.4) is 0 Å². The SMILES string of the molecule is Cc1ccc(NC(=O)Cc2nc(C[NH+](C)CC(=O)NC3CC3)cs2)cc1. The van der Waals surface area contributed by atoms with Crippen LogP contribution in [0, 0.1) is 6.92 Å². The molecule has 1 heterocycles. The van der Waals surface area contributed by atoms with Crippen molar-refractivity contribution in [3.63, 3.8) is 0 Å². The van der Waals surface area contributed by atoms with Gasteiger partial charge in [0, 0.05) is 17.1 Å². The van der Waals surface area contributed by atoms with Crippen LogP contribution in [0.25, 0.3) is 0 Å². The fourth-order valence-electron chi connectivity index (χ4n) is 2.64. The van der Waals surface area contributed by atoms with Gasteiger partial charge in [-0.1, -0.05) is 17.7 Å². The van der Waals surface area contributed by atoms with E-state index in [1.807, 2.05) is 43.6 Å². The predicted octanol–water partition coefficient (Wildman–Crippen LogP) is 0.926. The molecular weight excluding hydrogens is 348 g/mol. The summed E-state index contributed by atoms with van der Waals surface area (Å²) in [6.45, 7) is 3.13. The molecule has 1 aromatic carbocycles. The highest BCUT2D eigenvalue weighted by molar-refractivity contribution is 7.09. The number of nitrogens with zero attached hydrogens (tertiary/aromatic N) is 1. The second-order valence-electron chi connectivity index (χ2n) is 6.98. The van der Waals surface area contributed by atoms with Crippen LogP contribution in [0.15, 0.2) is 29.6 Å². The molecule has 7 heteroatoms. The predicted molar refractivity (Wildman–Crippen MR) is 102 cm³/mol. The topological polar surface area (TPSA) is 75.5 Å². The molecule has 1 unspecified atom stereocenters. The summed E-state index contributed by atoms with van der Waals surface area (Å²) in [7, 11) is 1.98. The number of benzene rings is 1. The molecular formula is C19H25N4O2S+. The first-order chi connectivity index (χ1) is 12.5. The summed E-state index contributed by atoms with van der Waals surface area (Å²) in [5, 5.41) is 8.65. The largest absolute Gasteiger partial charge is 0.348 e. The normalized spacial score (nSPS) is 14.7. The summed E-state index contributed by atoms with van der Waals surface area (Å²) in [6, 6.07) is 8.12. The zero-order valence-electron chi connectivity index (χ0n) is 15.2. The Morgan fingerprint density at radius 3 is 2.65 bits per heavy atom. The quantitative estimate of drug-likeness (QED) is 0.644. The fraction of sp³-hybridized carbons (Fsp3) is 0.421. The summed E-state index contributed by atoms with van der Waals surface area (Å²) in [6.07, 6.45) is 2.47. The molecule has 0 saturated heterocycles. The number of hydrogen-bond donors (Lipinski definition) is 3. The average molecular weight is 374 g/mol. The number of carbonyl (C=O) groups is 2. The standard InChI is InChI=1S/C19H24N4O2S/c1-13-3-5-14(6-4-13)20-17(24)9-19-22-16(12-26-19)10-23(2)11-18(25)21-15-7-8-15/h3-6,12,15H,7-11H2,1-2H3,(H,20,24)(H,21,25)/p+1. The van der Waals surface area contributed by atoms with Gasteiger partial charge < -0.3 is 15.5 Å². The molecule has 1 atom stereocenters. The van der Waals surface area contributed by atoms with Crippen molar-refractivity contribution in [2.75, 3.05) is 18.9 Å². The Labute approximate surface area is 157 Å². The van der Waals surface area contributed by atoms with Crippen molar-refractivity contribution in [3.05, 3.63) is 45.9 Å². The van der Waals surface area contributed by atoms with Gasteiger partial charge in [-0.3, -0.25) is 9.59 Å². The third kappa shape index (κ3) is 5.93. The molecule has 1 aliphatic carbocycles. The molecule has 1 aromatic heterocycles. The molecule has 26 heavy (non-hydrogen) atoms. The highest BCUT2D eigenvalue weighted by Crippen LogP contribution is 2.18. The van der Waals surface area contributed by atoms with E-state index in [0.717, 1.165) is 39.7 Å². The molecule has 6 nitrogen and oxygen atoms in total. The van der Waals surface area contributed by atoms with Gasteiger partial charge in [-0.05, 0) is 31.9 Å². The molecule has 3 N–H and O–H groups in total. The van der Waals surface area contributed by atoms with Crippen LogP contribution in [0.4, 0.5) is 5.69 Å². The monoisotopic (exact) mass is 373 g/mol. The highest BCUT2D eigenvalue weighted by atomic mass is 32.1. The maximum absolute atomic E-state index is 12.1. The third-order valence-corrected chi connectivity index (χ3v) is 5.03. The highest BCUT2D eigenvalue weighted by Gasteiger charge is 2.24. The Morgan fingerprint density at radius 1 is 1.23 bits per heavy atom. The van der Waals surface area contributed by atoms with Gasteiger partial charge in [0.2, 0.25) is 5.91 Å². The van der Waals surface area contributed by atoms with E-state index in [9.17, 15) is 9.59 Å². The molecule has 138 valence electrons. The van der Waals surface area contributed by atoms with E-state index in [1.54, 1.807) is 0 Å². The number of hydrogen-bond acceptors (Lipinski definition) is 4. The van der Waals surface area contributed by atoms with Crippen LogP contribution in [-0.4, -0.2) is 36.4 Å². The minimum atomic E-state index is -0.0701. The summed E-state index contributed by atoms with van der Waals surface area (Å²) in [5.74, 6) is 0.0252. The summed E-state index contributed by atoms with van der Waals surface area (Å²) in [5.41, 5.74) is 2.87. The first-order valence-electron chi connectivity index (χ1n) is 8.88. The van der Waals surface area contributed by atoms with Crippen molar-refractivity contribution in [2.24, 2.45) is 0 Å². The number of aryl methyl sites for hydroxylation is 1. The first-order valence-corrected chi connectivity index (χ1v) is 9.76. The van der Waals surface area contributed by atoms with Crippen molar-refractivity contribution in [2.45, 2.75) is 38.8 Å². The number of rotatable bonds is 8. The van der Waals surface area contributed by atoms with E-state index in [-0.39, 0.29) is 18.2 Å². The van der Waals surface area contributed by atoms with Gasteiger partial charge in [-0.25, -0.2) is 4.98 Å². The second-order valence-corrected chi connectivity index (χ2v) is 7.92. The van der Waals surface area contributed by atoms with E-state index < -0.39 is 0 Å². The van der Waals surface area contributed by atoms with E-state index in [1.165, 1.54) is 11.3 Å². The molecule has 1 saturated carbocycles. The first kappa shape index (κ1) is 18.5. The summed E-state index contributed by atoms with van der Waals surface area (Å²) in [4.78, 5) is 29.6. The minimum Gasteiger partial charge on any atom is -0.348 e. The lowest BCUT2D eigenvalue weighted by Crippen LogP contribution is -3.09. The van der Waals surface area contributed by atoms with E-state index in [2.05, 4.69) is 15.6 Å². The smallest absolute Gasteiger partial charge is 0.275 e. The number of likely N-dealkylation sites (N-methyl/N-ethyl adjacent to an activating group) is 1. The number of amides is 2. The number of anilines is 1. The number of nitrogens with one attached hydrogen (secondary N) is 3. The molecule has 0 radical (unpaired) electrons. The molecule has 1 aliphatic rings. The van der Waals surface area contributed by atoms with Crippen LogP contribution >= 0.6 is 11.3 Å². The van der Waals surface area contributed by atoms with Crippen LogP contribution in [-0.2, 0) is 22.6 Å². The van der Waals surface area contributed by atoms with E-state index in [4.69, 9.17) is 0 Å². The van der Waals surface area contributed by atoms with Crippen LogP contribution in [0.2, 0.25) is 0 Å². The number of aromatic nitrogens is 1. The van der Waals surface area contributed by atoms with Gasteiger partial charge in [0.1, 0.15) is 17.2 Å². The lowest BCUT2D eigenvalue weighted by Gasteiger charge is -2.12. The Hall–Kier alpha value is -2.25. The minimum absolute atomic E-state index is 0.0701. The summed E-state index contributed by atoms with van der Waals surface area (Å²) < 4.78 is 0. The van der Waals surface area contributed by atoms with Crippen LogP contribution in [0.1, 0.15) is 29.1 Å². The maximum Gasteiger partial charge on any atom is 0.275 e. The van der Waals surface area contributed by atoms with Gasteiger partial charge in [0.05, 0.1) is 13.5 Å². The van der Waals surface area contributed by atoms with Gasteiger partial charge in [0.15, 0.2) is 6.54 Å². The molecule has 2 aromatic rings. The van der Waals surface area contributed by atoms with Crippen molar-refractivity contribution >= 4 is 28.8 Å². The van der Waals surface area contributed by atoms with Crippen molar-refractivity contribution in [1.82, 2.24) is 10.3 Å². The average Bonchev–Trinajstić information content (AvgIpc) is 3.28. The van der Waals surface area contributed by atoms with Crippen LogP contribution < -0.4 is 15.5 Å². The zero-order valence-corrected chi connectivity index (χ0v) is 16.0.